The van der Waals surface area contributed by atoms with E-state index in [1.54, 1.807) is 0 Å². The highest BCUT2D eigenvalue weighted by Gasteiger charge is 2.33. The van der Waals surface area contributed by atoms with Gasteiger partial charge in [0.05, 0.1) is 13.2 Å². The predicted octanol–water partition coefficient (Wildman–Crippen LogP) is 1.45. The Labute approximate surface area is 134 Å². The lowest BCUT2D eigenvalue weighted by Crippen LogP contribution is -2.52. The summed E-state index contributed by atoms with van der Waals surface area (Å²) in [5, 5.41) is 7.06. The molecule has 2 saturated heterocycles. The number of nitrogens with zero attached hydrogens (tertiary/aromatic N) is 2. The van der Waals surface area contributed by atoms with Gasteiger partial charge < -0.3 is 20.3 Å². The summed E-state index contributed by atoms with van der Waals surface area (Å²) in [5.41, 5.74) is 0.280. The van der Waals surface area contributed by atoms with Gasteiger partial charge in [0.1, 0.15) is 0 Å². The molecular formula is C17H32N4O. The lowest BCUT2D eigenvalue weighted by molar-refractivity contribution is -0.0971. The summed E-state index contributed by atoms with van der Waals surface area (Å²) in [7, 11) is 1.86. The quantitative estimate of drug-likeness (QED) is 0.596. The number of hydrogen-bond donors (Lipinski definition) is 2. The number of nitrogens with one attached hydrogen (secondary N) is 2. The molecule has 0 aromatic rings. The van der Waals surface area contributed by atoms with Crippen molar-refractivity contribution in [3.05, 3.63) is 0 Å². The first-order valence-corrected chi connectivity index (χ1v) is 8.94. The van der Waals surface area contributed by atoms with Gasteiger partial charge in [-0.15, -0.1) is 0 Å². The van der Waals surface area contributed by atoms with Crippen molar-refractivity contribution in [2.24, 2.45) is 16.3 Å². The van der Waals surface area contributed by atoms with Gasteiger partial charge in [-0.3, -0.25) is 4.99 Å². The van der Waals surface area contributed by atoms with Crippen LogP contribution in [-0.2, 0) is 4.74 Å². The molecule has 3 rings (SSSR count). The predicted molar refractivity (Wildman–Crippen MR) is 90.2 cm³/mol. The fraction of sp³-hybridized carbons (Fsp3) is 0.941. The van der Waals surface area contributed by atoms with Crippen molar-refractivity contribution >= 4 is 5.96 Å². The minimum absolute atomic E-state index is 0.280. The first-order chi connectivity index (χ1) is 10.7. The zero-order chi connectivity index (χ0) is 15.4. The van der Waals surface area contributed by atoms with Crippen LogP contribution in [-0.4, -0.2) is 63.3 Å². The molecular weight excluding hydrogens is 276 g/mol. The van der Waals surface area contributed by atoms with Gasteiger partial charge in [0, 0.05) is 44.7 Å². The Morgan fingerprint density at radius 2 is 2.05 bits per heavy atom. The SMILES string of the molecule is CN=C(NCC1(C)COC1)NC1CCN(CC2CCCC2)C1. The molecule has 22 heavy (non-hydrogen) atoms. The van der Waals surface area contributed by atoms with E-state index in [9.17, 15) is 0 Å². The summed E-state index contributed by atoms with van der Waals surface area (Å²) in [4.78, 5) is 7.02. The highest BCUT2D eigenvalue weighted by molar-refractivity contribution is 5.80. The molecule has 0 aromatic heterocycles. The number of likely N-dealkylation sites (tertiary alicyclic amines) is 1. The molecule has 0 aromatic carbocycles. The van der Waals surface area contributed by atoms with Crippen LogP contribution in [0.4, 0.5) is 0 Å². The second-order valence-electron chi connectivity index (χ2n) is 7.77. The van der Waals surface area contributed by atoms with Crippen LogP contribution in [0.5, 0.6) is 0 Å². The maximum atomic E-state index is 5.31. The molecule has 5 nitrogen and oxygen atoms in total. The molecule has 1 aliphatic carbocycles. The molecule has 0 radical (unpaired) electrons. The van der Waals surface area contributed by atoms with Crippen LogP contribution in [0.3, 0.4) is 0 Å². The van der Waals surface area contributed by atoms with Crippen molar-refractivity contribution in [1.29, 1.82) is 0 Å². The third-order valence-corrected chi connectivity index (χ3v) is 5.41. The molecule has 1 unspecified atom stereocenters. The number of aliphatic imine (C=N–C) groups is 1. The molecule has 3 aliphatic rings. The zero-order valence-electron chi connectivity index (χ0n) is 14.2. The number of hydrogen-bond acceptors (Lipinski definition) is 3. The Hall–Kier alpha value is -0.810. The Morgan fingerprint density at radius 3 is 2.68 bits per heavy atom. The van der Waals surface area contributed by atoms with Gasteiger partial charge in [0.25, 0.3) is 0 Å². The maximum absolute atomic E-state index is 5.31. The van der Waals surface area contributed by atoms with Crippen molar-refractivity contribution < 1.29 is 4.74 Å². The van der Waals surface area contributed by atoms with Gasteiger partial charge in [0.2, 0.25) is 0 Å². The smallest absolute Gasteiger partial charge is 0.191 e. The number of rotatable bonds is 5. The van der Waals surface area contributed by atoms with E-state index in [1.165, 1.54) is 45.2 Å². The van der Waals surface area contributed by atoms with Crippen LogP contribution >= 0.6 is 0 Å². The Bertz CT molecular complexity index is 388. The molecule has 2 heterocycles. The second kappa shape index (κ2) is 7.18. The highest BCUT2D eigenvalue weighted by Crippen LogP contribution is 2.27. The summed E-state index contributed by atoms with van der Waals surface area (Å²) >= 11 is 0. The average Bonchev–Trinajstić information content (AvgIpc) is 3.14. The lowest BCUT2D eigenvalue weighted by atomic mass is 9.89. The van der Waals surface area contributed by atoms with Gasteiger partial charge in [-0.2, -0.15) is 0 Å². The molecule has 5 heteroatoms. The topological polar surface area (TPSA) is 48.9 Å². The largest absolute Gasteiger partial charge is 0.380 e. The molecule has 2 aliphatic heterocycles. The third-order valence-electron chi connectivity index (χ3n) is 5.41. The third kappa shape index (κ3) is 4.13. The van der Waals surface area contributed by atoms with Crippen LogP contribution in [0.2, 0.25) is 0 Å². The molecule has 1 atom stereocenters. The maximum Gasteiger partial charge on any atom is 0.191 e. The van der Waals surface area contributed by atoms with E-state index in [0.717, 1.165) is 38.2 Å². The van der Waals surface area contributed by atoms with E-state index >= 15 is 0 Å². The van der Waals surface area contributed by atoms with E-state index in [-0.39, 0.29) is 5.41 Å². The Kier molecular flexibility index (Phi) is 5.24. The first-order valence-electron chi connectivity index (χ1n) is 8.94. The number of guanidine groups is 1. The zero-order valence-corrected chi connectivity index (χ0v) is 14.2. The summed E-state index contributed by atoms with van der Waals surface area (Å²) in [6.07, 6.45) is 7.00. The van der Waals surface area contributed by atoms with Crippen molar-refractivity contribution in [2.45, 2.75) is 45.1 Å². The Balaban J connectivity index is 1.38. The fourth-order valence-electron chi connectivity index (χ4n) is 3.91. The molecule has 1 saturated carbocycles. The summed E-state index contributed by atoms with van der Waals surface area (Å²) in [6.45, 7) is 8.61. The lowest BCUT2D eigenvalue weighted by Gasteiger charge is -2.38. The molecule has 0 bridgehead atoms. The minimum Gasteiger partial charge on any atom is -0.380 e. The van der Waals surface area contributed by atoms with Crippen LogP contribution in [0.25, 0.3) is 0 Å². The minimum atomic E-state index is 0.280. The summed E-state index contributed by atoms with van der Waals surface area (Å²) in [6, 6.07) is 0.540. The highest BCUT2D eigenvalue weighted by atomic mass is 16.5. The van der Waals surface area contributed by atoms with Crippen LogP contribution in [0.15, 0.2) is 4.99 Å². The van der Waals surface area contributed by atoms with Gasteiger partial charge >= 0.3 is 0 Å². The second-order valence-corrected chi connectivity index (χ2v) is 7.77. The van der Waals surface area contributed by atoms with E-state index in [1.807, 2.05) is 7.05 Å². The van der Waals surface area contributed by atoms with Crippen molar-refractivity contribution in [3.8, 4) is 0 Å². The van der Waals surface area contributed by atoms with Crippen molar-refractivity contribution in [1.82, 2.24) is 15.5 Å². The van der Waals surface area contributed by atoms with E-state index in [2.05, 4.69) is 27.4 Å². The van der Waals surface area contributed by atoms with Gasteiger partial charge in [-0.05, 0) is 25.2 Å². The van der Waals surface area contributed by atoms with E-state index in [4.69, 9.17) is 4.74 Å². The molecule has 0 amide bonds. The van der Waals surface area contributed by atoms with Gasteiger partial charge in [0.15, 0.2) is 5.96 Å². The molecule has 126 valence electrons. The monoisotopic (exact) mass is 308 g/mol. The molecule has 0 spiro atoms. The molecule has 2 N–H and O–H groups in total. The standard InChI is InChI=1S/C17H32N4O/c1-17(12-22-13-17)11-19-16(18-2)20-15-7-8-21(10-15)9-14-5-3-4-6-14/h14-15H,3-13H2,1-2H3,(H2,18,19,20). The normalized spacial score (nSPS) is 29.5. The van der Waals surface area contributed by atoms with Crippen molar-refractivity contribution in [3.63, 3.8) is 0 Å². The van der Waals surface area contributed by atoms with E-state index in [0.29, 0.717) is 6.04 Å². The van der Waals surface area contributed by atoms with Gasteiger partial charge in [-0.1, -0.05) is 19.8 Å². The van der Waals surface area contributed by atoms with Gasteiger partial charge in [-0.25, -0.2) is 0 Å². The van der Waals surface area contributed by atoms with Crippen LogP contribution < -0.4 is 10.6 Å². The summed E-state index contributed by atoms with van der Waals surface area (Å²) in [5.74, 6) is 1.90. The first kappa shape index (κ1) is 16.1. The Morgan fingerprint density at radius 1 is 1.27 bits per heavy atom. The fourth-order valence-corrected chi connectivity index (χ4v) is 3.91. The van der Waals surface area contributed by atoms with Crippen LogP contribution in [0, 0.1) is 11.3 Å². The molecule has 3 fully saturated rings. The average molecular weight is 308 g/mol. The number of ether oxygens (including phenoxy) is 1. The van der Waals surface area contributed by atoms with Crippen molar-refractivity contribution in [2.75, 3.05) is 46.4 Å². The van der Waals surface area contributed by atoms with Crippen LogP contribution in [0.1, 0.15) is 39.0 Å². The summed E-state index contributed by atoms with van der Waals surface area (Å²) < 4.78 is 5.31. The van der Waals surface area contributed by atoms with E-state index < -0.39 is 0 Å².